The molecule has 0 N–H and O–H groups in total. The van der Waals surface area contributed by atoms with Crippen LogP contribution >= 0.6 is 11.8 Å². The van der Waals surface area contributed by atoms with Gasteiger partial charge in [0.05, 0.1) is 18.6 Å². The van der Waals surface area contributed by atoms with Crippen LogP contribution in [-0.2, 0) is 0 Å². The lowest BCUT2D eigenvalue weighted by Crippen LogP contribution is -2.18. The summed E-state index contributed by atoms with van der Waals surface area (Å²) in [4.78, 5) is 7.72. The lowest BCUT2D eigenvalue weighted by atomic mass is 10.3. The smallest absolute Gasteiger partial charge is 0.0896 e. The van der Waals surface area contributed by atoms with Crippen LogP contribution in [0.3, 0.4) is 0 Å². The number of thioether (sulfide) groups is 1. The SMILES string of the molecule is CSc1ccccc1N1C=NCC1. The first kappa shape index (κ1) is 8.63. The van der Waals surface area contributed by atoms with E-state index in [1.807, 2.05) is 6.34 Å². The summed E-state index contributed by atoms with van der Waals surface area (Å²) < 4.78 is 0. The summed E-state index contributed by atoms with van der Waals surface area (Å²) in [5.41, 5.74) is 1.27. The molecular formula is C10H12N2S. The third-order valence-corrected chi connectivity index (χ3v) is 2.87. The molecule has 0 unspecified atom stereocenters. The molecule has 0 atom stereocenters. The molecule has 0 fully saturated rings. The lowest BCUT2D eigenvalue weighted by molar-refractivity contribution is 1.01. The van der Waals surface area contributed by atoms with Gasteiger partial charge in [-0.3, -0.25) is 4.99 Å². The van der Waals surface area contributed by atoms with Crippen LogP contribution in [0.1, 0.15) is 0 Å². The van der Waals surface area contributed by atoms with Gasteiger partial charge in [0.1, 0.15) is 0 Å². The van der Waals surface area contributed by atoms with Crippen LogP contribution in [0.4, 0.5) is 5.69 Å². The van der Waals surface area contributed by atoms with Crippen LogP contribution < -0.4 is 4.90 Å². The van der Waals surface area contributed by atoms with Crippen molar-refractivity contribution in [3.63, 3.8) is 0 Å². The first-order valence-corrected chi connectivity index (χ1v) is 5.54. The van der Waals surface area contributed by atoms with Crippen molar-refractivity contribution in [2.24, 2.45) is 4.99 Å². The van der Waals surface area contributed by atoms with Crippen LogP contribution in [0.25, 0.3) is 0 Å². The Kier molecular flexibility index (Phi) is 2.54. The molecule has 1 aromatic carbocycles. The molecule has 0 bridgehead atoms. The summed E-state index contributed by atoms with van der Waals surface area (Å²) in [5.74, 6) is 0. The second kappa shape index (κ2) is 3.83. The molecule has 1 aromatic rings. The largest absolute Gasteiger partial charge is 0.330 e. The zero-order chi connectivity index (χ0) is 9.10. The van der Waals surface area contributed by atoms with E-state index in [4.69, 9.17) is 0 Å². The summed E-state index contributed by atoms with van der Waals surface area (Å²) in [7, 11) is 0. The van der Waals surface area contributed by atoms with Gasteiger partial charge in [0, 0.05) is 11.4 Å². The van der Waals surface area contributed by atoms with Gasteiger partial charge in [0.15, 0.2) is 0 Å². The minimum Gasteiger partial charge on any atom is -0.330 e. The van der Waals surface area contributed by atoms with Gasteiger partial charge in [-0.1, -0.05) is 12.1 Å². The molecule has 0 aromatic heterocycles. The van der Waals surface area contributed by atoms with E-state index >= 15 is 0 Å². The van der Waals surface area contributed by atoms with E-state index in [0.29, 0.717) is 0 Å². The van der Waals surface area contributed by atoms with Crippen molar-refractivity contribution in [3.05, 3.63) is 24.3 Å². The van der Waals surface area contributed by atoms with Gasteiger partial charge >= 0.3 is 0 Å². The van der Waals surface area contributed by atoms with Gasteiger partial charge in [-0.05, 0) is 18.4 Å². The summed E-state index contributed by atoms with van der Waals surface area (Å²) >= 11 is 1.78. The van der Waals surface area contributed by atoms with Crippen molar-refractivity contribution < 1.29 is 0 Å². The van der Waals surface area contributed by atoms with Crippen molar-refractivity contribution in [1.82, 2.24) is 0 Å². The van der Waals surface area contributed by atoms with Crippen LogP contribution in [-0.4, -0.2) is 25.7 Å². The minimum absolute atomic E-state index is 0.919. The maximum Gasteiger partial charge on any atom is 0.0896 e. The van der Waals surface area contributed by atoms with Crippen LogP contribution in [0.15, 0.2) is 34.2 Å². The average Bonchev–Trinajstić information content (AvgIpc) is 2.70. The fourth-order valence-electron chi connectivity index (χ4n) is 1.43. The van der Waals surface area contributed by atoms with Crippen molar-refractivity contribution >= 4 is 23.8 Å². The molecule has 2 nitrogen and oxygen atoms in total. The standard InChI is InChI=1S/C10H12N2S/c1-13-10-5-3-2-4-9(10)12-7-6-11-8-12/h2-5,8H,6-7H2,1H3. The monoisotopic (exact) mass is 192 g/mol. The van der Waals surface area contributed by atoms with E-state index in [0.717, 1.165) is 13.1 Å². The summed E-state index contributed by atoms with van der Waals surface area (Å²) in [5, 5.41) is 0. The second-order valence-corrected chi connectivity index (χ2v) is 3.73. The molecule has 0 radical (unpaired) electrons. The Morgan fingerprint density at radius 3 is 2.92 bits per heavy atom. The molecule has 2 rings (SSSR count). The Hall–Kier alpha value is -0.960. The Bertz CT molecular complexity index is 322. The maximum atomic E-state index is 4.21. The van der Waals surface area contributed by atoms with E-state index in [9.17, 15) is 0 Å². The highest BCUT2D eigenvalue weighted by atomic mass is 32.2. The fraction of sp³-hybridized carbons (Fsp3) is 0.300. The molecule has 13 heavy (non-hydrogen) atoms. The molecule has 0 saturated heterocycles. The Morgan fingerprint density at radius 1 is 1.38 bits per heavy atom. The molecule has 0 aliphatic carbocycles. The van der Waals surface area contributed by atoms with E-state index in [1.54, 1.807) is 11.8 Å². The van der Waals surface area contributed by atoms with Gasteiger partial charge in [0.25, 0.3) is 0 Å². The molecule has 3 heteroatoms. The van der Waals surface area contributed by atoms with Crippen molar-refractivity contribution in [2.75, 3.05) is 24.2 Å². The van der Waals surface area contributed by atoms with Gasteiger partial charge in [0.2, 0.25) is 0 Å². The summed E-state index contributed by atoms with van der Waals surface area (Å²) in [6.45, 7) is 1.93. The van der Waals surface area contributed by atoms with Gasteiger partial charge in [-0.25, -0.2) is 0 Å². The molecule has 1 aliphatic heterocycles. The summed E-state index contributed by atoms with van der Waals surface area (Å²) in [6.07, 6.45) is 4.03. The molecule has 0 saturated carbocycles. The Labute approximate surface area is 82.7 Å². The third-order valence-electron chi connectivity index (χ3n) is 2.09. The minimum atomic E-state index is 0.919. The zero-order valence-electron chi connectivity index (χ0n) is 7.60. The highest BCUT2D eigenvalue weighted by molar-refractivity contribution is 7.98. The first-order valence-electron chi connectivity index (χ1n) is 4.31. The highest BCUT2D eigenvalue weighted by Gasteiger charge is 2.10. The fourth-order valence-corrected chi connectivity index (χ4v) is 2.04. The number of para-hydroxylation sites is 1. The predicted octanol–water partition coefficient (Wildman–Crippen LogP) is 2.26. The molecule has 1 heterocycles. The van der Waals surface area contributed by atoms with Crippen molar-refractivity contribution in [1.29, 1.82) is 0 Å². The van der Waals surface area contributed by atoms with Crippen molar-refractivity contribution in [2.45, 2.75) is 4.90 Å². The summed E-state index contributed by atoms with van der Waals surface area (Å²) in [6, 6.07) is 8.43. The Morgan fingerprint density at radius 2 is 2.23 bits per heavy atom. The number of benzene rings is 1. The molecular weight excluding hydrogens is 180 g/mol. The maximum absolute atomic E-state index is 4.21. The second-order valence-electron chi connectivity index (χ2n) is 2.89. The van der Waals surface area contributed by atoms with Crippen LogP contribution in [0.2, 0.25) is 0 Å². The van der Waals surface area contributed by atoms with E-state index in [2.05, 4.69) is 40.4 Å². The van der Waals surface area contributed by atoms with Crippen LogP contribution in [0.5, 0.6) is 0 Å². The highest BCUT2D eigenvalue weighted by Crippen LogP contribution is 2.28. The number of aliphatic imine (C=N–C) groups is 1. The number of nitrogens with zero attached hydrogens (tertiary/aromatic N) is 2. The van der Waals surface area contributed by atoms with E-state index < -0.39 is 0 Å². The number of anilines is 1. The quantitative estimate of drug-likeness (QED) is 0.668. The van der Waals surface area contributed by atoms with Crippen molar-refractivity contribution in [3.8, 4) is 0 Å². The lowest BCUT2D eigenvalue weighted by Gasteiger charge is -2.16. The normalized spacial score (nSPS) is 15.3. The number of hydrogen-bond acceptors (Lipinski definition) is 3. The third kappa shape index (κ3) is 1.70. The molecule has 0 amide bonds. The predicted molar refractivity (Wildman–Crippen MR) is 58.9 cm³/mol. The zero-order valence-corrected chi connectivity index (χ0v) is 8.42. The molecule has 68 valence electrons. The topological polar surface area (TPSA) is 15.6 Å². The molecule has 0 spiro atoms. The van der Waals surface area contributed by atoms with Gasteiger partial charge in [-0.2, -0.15) is 0 Å². The van der Waals surface area contributed by atoms with Gasteiger partial charge in [-0.15, -0.1) is 11.8 Å². The Balaban J connectivity index is 2.32. The average molecular weight is 192 g/mol. The number of hydrogen-bond donors (Lipinski definition) is 0. The first-order chi connectivity index (χ1) is 6.42. The van der Waals surface area contributed by atoms with Gasteiger partial charge < -0.3 is 4.90 Å². The van der Waals surface area contributed by atoms with Crippen LogP contribution in [0, 0.1) is 0 Å². The van der Waals surface area contributed by atoms with E-state index in [-0.39, 0.29) is 0 Å². The van der Waals surface area contributed by atoms with E-state index in [1.165, 1.54) is 10.6 Å². The molecule has 1 aliphatic rings. The number of rotatable bonds is 2.